The quantitative estimate of drug-likeness (QED) is 0.143. The zero-order valence-corrected chi connectivity index (χ0v) is 22.1. The number of urea groups is 1. The maximum Gasteiger partial charge on any atom is 1.00 e. The van der Waals surface area contributed by atoms with Crippen LogP contribution in [0.1, 0.15) is 18.9 Å². The van der Waals surface area contributed by atoms with E-state index in [0.29, 0.717) is 21.5 Å². The van der Waals surface area contributed by atoms with Gasteiger partial charge in [0.05, 0.1) is 12.4 Å². The minimum Gasteiger partial charge on any atom is -0.859 e. The number of nitrogens with zero attached hydrogens (tertiary/aromatic N) is 6. The Morgan fingerprint density at radius 3 is 2.26 bits per heavy atom. The van der Waals surface area contributed by atoms with Gasteiger partial charge in [-0.1, -0.05) is 19.1 Å². The molecule has 3 aromatic rings. The van der Waals surface area contributed by atoms with Gasteiger partial charge in [0, 0.05) is 30.4 Å². The van der Waals surface area contributed by atoms with Crippen molar-refractivity contribution in [1.82, 2.24) is 34.8 Å². The molecule has 186 valence electrons. The summed E-state index contributed by atoms with van der Waals surface area (Å²) >= 11 is 0. The van der Waals surface area contributed by atoms with Crippen LogP contribution in [-0.4, -0.2) is 47.3 Å². The average molecular weight is 524 g/mol. The normalized spacial score (nSPS) is 15.1. The third-order valence-corrected chi connectivity index (χ3v) is 5.10. The van der Waals surface area contributed by atoms with Gasteiger partial charge in [-0.05, 0) is 30.0 Å². The van der Waals surface area contributed by atoms with E-state index in [9.17, 15) is 29.1 Å². The van der Waals surface area contributed by atoms with Crippen LogP contribution in [0.15, 0.2) is 76.1 Å². The molecule has 0 saturated carbocycles. The number of aromatic nitrogens is 6. The Balaban J connectivity index is 0.00000400. The van der Waals surface area contributed by atoms with Crippen molar-refractivity contribution in [3.05, 3.63) is 93.0 Å². The Labute approximate surface area is 235 Å². The molecule has 4 amide bonds. The SMILES string of the molecule is CCC(/C=C/c1c([O-])n(-c2cnccn2)c(=O)[nH]c1=O)=C\C=C1/C(=O)NC(=O)N(c2cnccn2)C1=O.[Na+]. The number of nitrogens with one attached hydrogen (secondary N) is 2. The molecule has 0 radical (unpaired) electrons. The second-order valence-electron chi connectivity index (χ2n) is 7.35. The molecule has 0 unspecified atom stereocenters. The first-order valence-electron chi connectivity index (χ1n) is 10.7. The molecule has 1 aliphatic rings. The van der Waals surface area contributed by atoms with Gasteiger partial charge in [-0.3, -0.25) is 39.2 Å². The molecule has 14 nitrogen and oxygen atoms in total. The molecule has 3 aromatic heterocycles. The van der Waals surface area contributed by atoms with E-state index in [1.165, 1.54) is 61.5 Å². The molecule has 38 heavy (non-hydrogen) atoms. The summed E-state index contributed by atoms with van der Waals surface area (Å²) in [5.74, 6) is -2.84. The summed E-state index contributed by atoms with van der Waals surface area (Å²) in [6.07, 6.45) is 13.3. The maximum atomic E-state index is 12.9. The number of rotatable bonds is 6. The Hall–Kier alpha value is -4.53. The largest absolute Gasteiger partial charge is 1.00 e. The van der Waals surface area contributed by atoms with Crippen LogP contribution in [0.5, 0.6) is 5.88 Å². The van der Waals surface area contributed by atoms with E-state index in [2.05, 4.69) is 30.2 Å². The van der Waals surface area contributed by atoms with Crippen LogP contribution in [0.2, 0.25) is 0 Å². The van der Waals surface area contributed by atoms with Crippen molar-refractivity contribution in [2.45, 2.75) is 13.3 Å². The number of hydrogen-bond donors (Lipinski definition) is 2. The van der Waals surface area contributed by atoms with Crippen molar-refractivity contribution in [2.24, 2.45) is 0 Å². The zero-order valence-electron chi connectivity index (χ0n) is 20.1. The smallest absolute Gasteiger partial charge is 0.859 e. The minimum absolute atomic E-state index is 0. The summed E-state index contributed by atoms with van der Waals surface area (Å²) in [7, 11) is 0. The summed E-state index contributed by atoms with van der Waals surface area (Å²) in [6.45, 7) is 1.76. The third kappa shape index (κ3) is 5.72. The van der Waals surface area contributed by atoms with Crippen LogP contribution in [-0.2, 0) is 9.59 Å². The first-order chi connectivity index (χ1) is 17.8. The topological polar surface area (TPSA) is 196 Å². The zero-order chi connectivity index (χ0) is 26.5. The molecule has 2 N–H and O–H groups in total. The fourth-order valence-corrected chi connectivity index (χ4v) is 3.26. The number of anilines is 1. The van der Waals surface area contributed by atoms with Crippen LogP contribution in [0.4, 0.5) is 10.6 Å². The van der Waals surface area contributed by atoms with Gasteiger partial charge in [0.1, 0.15) is 5.57 Å². The molecule has 4 rings (SSSR count). The number of carbonyl (C=O) groups is 3. The van der Waals surface area contributed by atoms with Crippen LogP contribution >= 0.6 is 0 Å². The van der Waals surface area contributed by atoms with Crippen molar-refractivity contribution in [3.8, 4) is 11.7 Å². The molecule has 15 heteroatoms. The first kappa shape index (κ1) is 28.0. The second kappa shape index (κ2) is 12.1. The van der Waals surface area contributed by atoms with E-state index >= 15 is 0 Å². The number of H-pyrrole nitrogens is 1. The third-order valence-electron chi connectivity index (χ3n) is 5.10. The summed E-state index contributed by atoms with van der Waals surface area (Å²) in [5.41, 5.74) is -2.05. The molecule has 0 bridgehead atoms. The molecule has 0 atom stereocenters. The van der Waals surface area contributed by atoms with Crippen LogP contribution < -0.4 is 56.1 Å². The first-order valence-corrected chi connectivity index (χ1v) is 10.7. The maximum absolute atomic E-state index is 12.9. The fourth-order valence-electron chi connectivity index (χ4n) is 3.26. The van der Waals surface area contributed by atoms with Crippen LogP contribution in [0.25, 0.3) is 11.9 Å². The van der Waals surface area contributed by atoms with Gasteiger partial charge in [0.2, 0.25) is 0 Å². The average Bonchev–Trinajstić information content (AvgIpc) is 2.88. The molecule has 0 spiro atoms. The van der Waals surface area contributed by atoms with Crippen LogP contribution in [0, 0.1) is 0 Å². The van der Waals surface area contributed by atoms with Crippen molar-refractivity contribution in [2.75, 3.05) is 4.90 Å². The summed E-state index contributed by atoms with van der Waals surface area (Å²) in [4.78, 5) is 80.0. The van der Waals surface area contributed by atoms with E-state index < -0.39 is 35.0 Å². The van der Waals surface area contributed by atoms with Gasteiger partial charge >= 0.3 is 41.3 Å². The van der Waals surface area contributed by atoms with Gasteiger partial charge in [0.15, 0.2) is 11.6 Å². The number of allylic oxidation sites excluding steroid dienone is 4. The van der Waals surface area contributed by atoms with E-state index in [0.717, 1.165) is 0 Å². The van der Waals surface area contributed by atoms with Crippen molar-refractivity contribution in [1.29, 1.82) is 0 Å². The van der Waals surface area contributed by atoms with E-state index in [1.54, 1.807) is 6.92 Å². The predicted octanol–water partition coefficient (Wildman–Crippen LogP) is -3.26. The molecule has 0 aromatic carbocycles. The predicted molar refractivity (Wildman–Crippen MR) is 126 cm³/mol. The monoisotopic (exact) mass is 524 g/mol. The molecule has 1 aliphatic heterocycles. The molecular formula is C23H17N8NaO6. The summed E-state index contributed by atoms with van der Waals surface area (Å²) < 4.78 is 0.675. The van der Waals surface area contributed by atoms with Crippen molar-refractivity contribution in [3.63, 3.8) is 0 Å². The Bertz CT molecular complexity index is 1600. The van der Waals surface area contributed by atoms with Gasteiger partial charge in [-0.25, -0.2) is 24.5 Å². The Kier molecular flexibility index (Phi) is 8.96. The second-order valence-corrected chi connectivity index (χ2v) is 7.35. The molecule has 4 heterocycles. The van der Waals surface area contributed by atoms with E-state index in [4.69, 9.17) is 0 Å². The minimum atomic E-state index is -0.965. The van der Waals surface area contributed by atoms with E-state index in [1.807, 2.05) is 0 Å². The summed E-state index contributed by atoms with van der Waals surface area (Å²) in [5, 5.41) is 14.9. The van der Waals surface area contributed by atoms with Gasteiger partial charge in [-0.15, -0.1) is 0 Å². The number of aromatic amines is 1. The van der Waals surface area contributed by atoms with E-state index in [-0.39, 0.29) is 52.3 Å². The van der Waals surface area contributed by atoms with Crippen molar-refractivity contribution >= 4 is 29.7 Å². The van der Waals surface area contributed by atoms with Crippen molar-refractivity contribution < 1.29 is 49.0 Å². The number of imide groups is 2. The fraction of sp³-hybridized carbons (Fsp3) is 0.0870. The summed E-state index contributed by atoms with van der Waals surface area (Å²) in [6, 6.07) is -0.965. The Morgan fingerprint density at radius 2 is 1.66 bits per heavy atom. The molecule has 1 saturated heterocycles. The Morgan fingerprint density at radius 1 is 1.00 bits per heavy atom. The number of amides is 4. The van der Waals surface area contributed by atoms with Crippen LogP contribution in [0.3, 0.4) is 0 Å². The molecule has 0 aliphatic carbocycles. The van der Waals surface area contributed by atoms with Gasteiger partial charge < -0.3 is 5.11 Å². The molecule has 1 fully saturated rings. The molecular weight excluding hydrogens is 507 g/mol. The standard InChI is InChI=1S/C23H18N8O6.Na/c1-2-13(3-5-14-18(32)28-22(36)30(20(14)34)16-11-24-7-9-26-16)4-6-15-19(33)29-23(37)31(21(15)35)17-12-25-8-10-27-17;/h3-12,34H,2H2,1H3,(H,28,32,36)(H,29,33,37);/q;+1/p-1/b5-3+,13-4+,15-6+;. The van der Waals surface area contributed by atoms with Gasteiger partial charge in [-0.2, -0.15) is 0 Å². The number of hydrogen-bond acceptors (Lipinski definition) is 10. The number of carbonyl (C=O) groups excluding carboxylic acids is 3. The number of barbiturate groups is 1. The van der Waals surface area contributed by atoms with Gasteiger partial charge in [0.25, 0.3) is 17.4 Å².